The van der Waals surface area contributed by atoms with Crippen LogP contribution in [0.5, 0.6) is 0 Å². The standard InChI is InChI=1S/C19H30N4O/c1-2-22-11-13-23(14-12-22)17-9-10-20-18(15-17)19(24)21-16-7-5-3-4-6-8-16/h9-10,15-16H,2-8,11-14H2,1H3,(H,21,24). The summed E-state index contributed by atoms with van der Waals surface area (Å²) in [6.45, 7) is 7.52. The Labute approximate surface area is 145 Å². The Hall–Kier alpha value is -1.62. The zero-order chi connectivity index (χ0) is 16.8. The van der Waals surface area contributed by atoms with Crippen LogP contribution in [0.4, 0.5) is 5.69 Å². The van der Waals surface area contributed by atoms with Gasteiger partial charge >= 0.3 is 0 Å². The van der Waals surface area contributed by atoms with Crippen molar-refractivity contribution in [3.63, 3.8) is 0 Å². The number of nitrogens with one attached hydrogen (secondary N) is 1. The molecule has 1 N–H and O–H groups in total. The molecule has 0 unspecified atom stereocenters. The van der Waals surface area contributed by atoms with Crippen LogP contribution in [-0.2, 0) is 0 Å². The Bertz CT molecular complexity index is 532. The van der Waals surface area contributed by atoms with Gasteiger partial charge in [-0.05, 0) is 31.5 Å². The van der Waals surface area contributed by atoms with Gasteiger partial charge in [0.05, 0.1) is 0 Å². The summed E-state index contributed by atoms with van der Waals surface area (Å²) in [5.74, 6) is -0.0176. The van der Waals surface area contributed by atoms with E-state index in [1.165, 1.54) is 25.7 Å². The van der Waals surface area contributed by atoms with Gasteiger partial charge in [-0.1, -0.05) is 32.6 Å². The maximum Gasteiger partial charge on any atom is 0.270 e. The number of nitrogens with zero attached hydrogens (tertiary/aromatic N) is 3. The normalized spacial score (nSPS) is 20.6. The van der Waals surface area contributed by atoms with Crippen LogP contribution in [0.15, 0.2) is 18.3 Å². The zero-order valence-electron chi connectivity index (χ0n) is 14.8. The Morgan fingerprint density at radius 3 is 2.54 bits per heavy atom. The summed E-state index contributed by atoms with van der Waals surface area (Å²) in [5, 5.41) is 3.19. The molecule has 1 saturated carbocycles. The van der Waals surface area contributed by atoms with Gasteiger partial charge in [-0.15, -0.1) is 0 Å². The van der Waals surface area contributed by atoms with E-state index in [4.69, 9.17) is 0 Å². The second-order valence-corrected chi connectivity index (χ2v) is 6.98. The molecule has 2 fully saturated rings. The van der Waals surface area contributed by atoms with Crippen LogP contribution in [0, 0.1) is 0 Å². The SMILES string of the molecule is CCN1CCN(c2ccnc(C(=O)NC3CCCCCC3)c2)CC1. The molecule has 0 atom stereocenters. The number of anilines is 1. The van der Waals surface area contributed by atoms with Gasteiger partial charge in [0.2, 0.25) is 0 Å². The number of amides is 1. The summed E-state index contributed by atoms with van der Waals surface area (Å²) in [5.41, 5.74) is 1.67. The van der Waals surface area contributed by atoms with Crippen molar-refractivity contribution in [2.45, 2.75) is 51.5 Å². The number of piperazine rings is 1. The minimum atomic E-state index is -0.0176. The van der Waals surface area contributed by atoms with Crippen molar-refractivity contribution in [1.29, 1.82) is 0 Å². The van der Waals surface area contributed by atoms with E-state index in [9.17, 15) is 4.79 Å². The highest BCUT2D eigenvalue weighted by Gasteiger charge is 2.19. The molecule has 2 aliphatic rings. The minimum Gasteiger partial charge on any atom is -0.369 e. The molecule has 3 rings (SSSR count). The molecule has 2 heterocycles. The molecule has 1 saturated heterocycles. The van der Waals surface area contributed by atoms with Gasteiger partial charge < -0.3 is 15.1 Å². The zero-order valence-corrected chi connectivity index (χ0v) is 14.8. The lowest BCUT2D eigenvalue weighted by atomic mass is 10.1. The lowest BCUT2D eigenvalue weighted by molar-refractivity contribution is 0.0928. The Kier molecular flexibility index (Phi) is 6.07. The van der Waals surface area contributed by atoms with Gasteiger partial charge in [0.25, 0.3) is 5.91 Å². The van der Waals surface area contributed by atoms with Crippen molar-refractivity contribution < 1.29 is 4.79 Å². The van der Waals surface area contributed by atoms with E-state index < -0.39 is 0 Å². The average molecular weight is 330 g/mol. The van der Waals surface area contributed by atoms with Crippen LogP contribution in [0.3, 0.4) is 0 Å². The minimum absolute atomic E-state index is 0.0176. The predicted molar refractivity (Wildman–Crippen MR) is 97.5 cm³/mol. The molecule has 0 aromatic carbocycles. The Morgan fingerprint density at radius 1 is 1.17 bits per heavy atom. The number of pyridine rings is 1. The summed E-state index contributed by atoms with van der Waals surface area (Å²) in [7, 11) is 0. The molecule has 132 valence electrons. The molecule has 1 aromatic heterocycles. The van der Waals surface area contributed by atoms with E-state index in [2.05, 4.69) is 27.0 Å². The largest absolute Gasteiger partial charge is 0.369 e. The molecule has 24 heavy (non-hydrogen) atoms. The summed E-state index contributed by atoms with van der Waals surface area (Å²) in [6.07, 6.45) is 9.01. The van der Waals surface area contributed by atoms with E-state index in [0.717, 1.165) is 51.3 Å². The first-order chi connectivity index (χ1) is 11.8. The van der Waals surface area contributed by atoms with Crippen LogP contribution in [-0.4, -0.2) is 54.6 Å². The van der Waals surface area contributed by atoms with Gasteiger partial charge in [-0.2, -0.15) is 0 Å². The molecular weight excluding hydrogens is 300 g/mol. The maximum absolute atomic E-state index is 12.6. The van der Waals surface area contributed by atoms with Crippen LogP contribution in [0.1, 0.15) is 55.9 Å². The van der Waals surface area contributed by atoms with E-state index in [1.54, 1.807) is 6.20 Å². The molecule has 5 heteroatoms. The molecule has 1 aromatic rings. The monoisotopic (exact) mass is 330 g/mol. The van der Waals surface area contributed by atoms with Crippen molar-refractivity contribution in [1.82, 2.24) is 15.2 Å². The number of hydrogen-bond acceptors (Lipinski definition) is 4. The molecule has 1 aliphatic carbocycles. The van der Waals surface area contributed by atoms with E-state index in [1.807, 2.05) is 12.1 Å². The van der Waals surface area contributed by atoms with Gasteiger partial charge in [0.1, 0.15) is 5.69 Å². The van der Waals surface area contributed by atoms with Crippen molar-refractivity contribution in [2.75, 3.05) is 37.6 Å². The Morgan fingerprint density at radius 2 is 1.88 bits per heavy atom. The van der Waals surface area contributed by atoms with Crippen LogP contribution in [0.2, 0.25) is 0 Å². The highest BCUT2D eigenvalue weighted by atomic mass is 16.1. The fourth-order valence-electron chi connectivity index (χ4n) is 3.75. The molecule has 5 nitrogen and oxygen atoms in total. The van der Waals surface area contributed by atoms with E-state index in [-0.39, 0.29) is 5.91 Å². The summed E-state index contributed by atoms with van der Waals surface area (Å²) < 4.78 is 0. The first-order valence-electron chi connectivity index (χ1n) is 9.50. The highest BCUT2D eigenvalue weighted by Crippen LogP contribution is 2.19. The molecule has 0 bridgehead atoms. The number of carbonyl (C=O) groups excluding carboxylic acids is 1. The first kappa shape index (κ1) is 17.2. The fraction of sp³-hybridized carbons (Fsp3) is 0.684. The molecule has 1 amide bonds. The lowest BCUT2D eigenvalue weighted by Gasteiger charge is -2.35. The second-order valence-electron chi connectivity index (χ2n) is 6.98. The van der Waals surface area contributed by atoms with Crippen molar-refractivity contribution in [2.24, 2.45) is 0 Å². The summed E-state index contributed by atoms with van der Waals surface area (Å²) >= 11 is 0. The van der Waals surface area contributed by atoms with Gasteiger partial charge in [-0.25, -0.2) is 0 Å². The quantitative estimate of drug-likeness (QED) is 0.862. The molecule has 1 aliphatic heterocycles. The topological polar surface area (TPSA) is 48.5 Å². The van der Waals surface area contributed by atoms with Crippen molar-refractivity contribution >= 4 is 11.6 Å². The predicted octanol–water partition coefficient (Wildman–Crippen LogP) is 2.68. The number of carbonyl (C=O) groups is 1. The molecule has 0 spiro atoms. The van der Waals surface area contributed by atoms with Gasteiger partial charge in [0.15, 0.2) is 0 Å². The number of aromatic nitrogens is 1. The molecule has 0 radical (unpaired) electrons. The first-order valence-corrected chi connectivity index (χ1v) is 9.50. The fourth-order valence-corrected chi connectivity index (χ4v) is 3.75. The van der Waals surface area contributed by atoms with E-state index in [0.29, 0.717) is 11.7 Å². The smallest absolute Gasteiger partial charge is 0.270 e. The van der Waals surface area contributed by atoms with Crippen molar-refractivity contribution in [3.05, 3.63) is 24.0 Å². The number of hydrogen-bond donors (Lipinski definition) is 1. The third-order valence-corrected chi connectivity index (χ3v) is 5.35. The third-order valence-electron chi connectivity index (χ3n) is 5.35. The number of rotatable bonds is 4. The lowest BCUT2D eigenvalue weighted by Crippen LogP contribution is -2.46. The average Bonchev–Trinajstić information content (AvgIpc) is 2.90. The van der Waals surface area contributed by atoms with E-state index >= 15 is 0 Å². The van der Waals surface area contributed by atoms with Crippen LogP contribution >= 0.6 is 0 Å². The summed E-state index contributed by atoms with van der Waals surface area (Å²) in [4.78, 5) is 21.7. The van der Waals surface area contributed by atoms with Gasteiger partial charge in [0, 0.05) is 44.1 Å². The summed E-state index contributed by atoms with van der Waals surface area (Å²) in [6, 6.07) is 4.29. The van der Waals surface area contributed by atoms with Crippen molar-refractivity contribution in [3.8, 4) is 0 Å². The van der Waals surface area contributed by atoms with Crippen LogP contribution in [0.25, 0.3) is 0 Å². The third kappa shape index (κ3) is 4.47. The highest BCUT2D eigenvalue weighted by molar-refractivity contribution is 5.93. The number of likely N-dealkylation sites (N-methyl/N-ethyl adjacent to an activating group) is 1. The van der Waals surface area contributed by atoms with Gasteiger partial charge in [-0.3, -0.25) is 9.78 Å². The molecular formula is C19H30N4O. The van der Waals surface area contributed by atoms with Crippen LogP contribution < -0.4 is 10.2 Å². The Balaban J connectivity index is 1.61. The second kappa shape index (κ2) is 8.47. The maximum atomic E-state index is 12.6.